The van der Waals surface area contributed by atoms with Crippen LogP contribution in [0.2, 0.25) is 0 Å². The molecule has 4 heteroatoms. The van der Waals surface area contributed by atoms with Gasteiger partial charge in [0.25, 0.3) is 5.91 Å². The standard InChI is InChI=1S/C12H18N2OS/c1-8-6-16-7-9(8)12(15)14-11-5-3-2-4-10(11)13/h6-7,10-11H,2-5,13H2,1H3,(H,14,15). The number of nitrogens with one attached hydrogen (secondary N) is 1. The Labute approximate surface area is 100 Å². The van der Waals surface area contributed by atoms with E-state index in [9.17, 15) is 4.79 Å². The maximum Gasteiger partial charge on any atom is 0.252 e. The fourth-order valence-electron chi connectivity index (χ4n) is 2.18. The third kappa shape index (κ3) is 2.44. The maximum absolute atomic E-state index is 12.0. The van der Waals surface area contributed by atoms with Crippen LogP contribution in [0.15, 0.2) is 10.8 Å². The van der Waals surface area contributed by atoms with Crippen LogP contribution in [0.4, 0.5) is 0 Å². The van der Waals surface area contributed by atoms with Crippen LogP contribution in [0.1, 0.15) is 41.6 Å². The van der Waals surface area contributed by atoms with Gasteiger partial charge in [-0.05, 0) is 30.7 Å². The summed E-state index contributed by atoms with van der Waals surface area (Å²) >= 11 is 1.57. The van der Waals surface area contributed by atoms with E-state index in [4.69, 9.17) is 5.73 Å². The smallest absolute Gasteiger partial charge is 0.252 e. The Morgan fingerprint density at radius 3 is 2.81 bits per heavy atom. The van der Waals surface area contributed by atoms with Gasteiger partial charge in [0.15, 0.2) is 0 Å². The molecule has 16 heavy (non-hydrogen) atoms. The molecule has 0 aliphatic heterocycles. The number of carbonyl (C=O) groups is 1. The van der Waals surface area contributed by atoms with E-state index in [-0.39, 0.29) is 18.0 Å². The predicted octanol–water partition coefficient (Wildman–Crippen LogP) is 2.06. The SMILES string of the molecule is Cc1cscc1C(=O)NC1CCCCC1N. The molecule has 1 aromatic heterocycles. The van der Waals surface area contributed by atoms with Gasteiger partial charge < -0.3 is 11.1 Å². The average molecular weight is 238 g/mol. The van der Waals surface area contributed by atoms with Gasteiger partial charge in [-0.15, -0.1) is 0 Å². The van der Waals surface area contributed by atoms with Crippen molar-refractivity contribution in [3.8, 4) is 0 Å². The van der Waals surface area contributed by atoms with Crippen LogP contribution in [-0.2, 0) is 0 Å². The molecule has 1 aliphatic carbocycles. The zero-order chi connectivity index (χ0) is 11.5. The van der Waals surface area contributed by atoms with Crippen molar-refractivity contribution in [2.24, 2.45) is 5.73 Å². The summed E-state index contributed by atoms with van der Waals surface area (Å²) in [5, 5.41) is 6.95. The van der Waals surface area contributed by atoms with Crippen LogP contribution in [0.5, 0.6) is 0 Å². The second kappa shape index (κ2) is 4.97. The number of aryl methyl sites for hydroxylation is 1. The molecule has 0 bridgehead atoms. The first-order chi connectivity index (χ1) is 7.68. The molecule has 1 fully saturated rings. The van der Waals surface area contributed by atoms with Gasteiger partial charge in [0.05, 0.1) is 5.56 Å². The Balaban J connectivity index is 1.99. The third-order valence-electron chi connectivity index (χ3n) is 3.24. The van der Waals surface area contributed by atoms with Gasteiger partial charge in [-0.25, -0.2) is 0 Å². The van der Waals surface area contributed by atoms with Crippen molar-refractivity contribution in [1.82, 2.24) is 5.32 Å². The summed E-state index contributed by atoms with van der Waals surface area (Å²) in [6, 6.07) is 0.275. The normalized spacial score (nSPS) is 25.4. The highest BCUT2D eigenvalue weighted by atomic mass is 32.1. The third-order valence-corrected chi connectivity index (χ3v) is 4.10. The van der Waals surface area contributed by atoms with Crippen molar-refractivity contribution in [3.63, 3.8) is 0 Å². The first-order valence-corrected chi connectivity index (χ1v) is 6.72. The van der Waals surface area contributed by atoms with Gasteiger partial charge in [0.1, 0.15) is 0 Å². The quantitative estimate of drug-likeness (QED) is 0.828. The summed E-state index contributed by atoms with van der Waals surface area (Å²) in [5.41, 5.74) is 7.85. The molecule has 0 radical (unpaired) electrons. The van der Waals surface area contributed by atoms with Gasteiger partial charge in [0, 0.05) is 17.5 Å². The highest BCUT2D eigenvalue weighted by Crippen LogP contribution is 2.19. The fourth-order valence-corrected chi connectivity index (χ4v) is 3.01. The van der Waals surface area contributed by atoms with E-state index in [1.165, 1.54) is 12.8 Å². The van der Waals surface area contributed by atoms with Gasteiger partial charge >= 0.3 is 0 Å². The highest BCUT2D eigenvalue weighted by molar-refractivity contribution is 7.08. The van der Waals surface area contributed by atoms with Crippen molar-refractivity contribution in [2.75, 3.05) is 0 Å². The molecule has 1 aliphatic rings. The van der Waals surface area contributed by atoms with E-state index in [2.05, 4.69) is 5.32 Å². The molecular weight excluding hydrogens is 220 g/mol. The van der Waals surface area contributed by atoms with E-state index < -0.39 is 0 Å². The average Bonchev–Trinajstić information content (AvgIpc) is 2.68. The monoisotopic (exact) mass is 238 g/mol. The van der Waals surface area contributed by atoms with E-state index in [0.717, 1.165) is 24.0 Å². The number of hydrogen-bond acceptors (Lipinski definition) is 3. The van der Waals surface area contributed by atoms with E-state index in [0.29, 0.717) is 0 Å². The van der Waals surface area contributed by atoms with Crippen molar-refractivity contribution in [2.45, 2.75) is 44.7 Å². The van der Waals surface area contributed by atoms with Crippen LogP contribution in [-0.4, -0.2) is 18.0 Å². The summed E-state index contributed by atoms with van der Waals surface area (Å²) in [4.78, 5) is 12.0. The van der Waals surface area contributed by atoms with Crippen LogP contribution in [0.3, 0.4) is 0 Å². The molecule has 2 atom stereocenters. The lowest BCUT2D eigenvalue weighted by Gasteiger charge is -2.29. The lowest BCUT2D eigenvalue weighted by Crippen LogP contribution is -2.49. The molecule has 2 rings (SSSR count). The first kappa shape index (κ1) is 11.6. The molecule has 88 valence electrons. The van der Waals surface area contributed by atoms with Crippen LogP contribution in [0.25, 0.3) is 0 Å². The molecule has 1 aromatic rings. The van der Waals surface area contributed by atoms with Crippen molar-refractivity contribution >= 4 is 17.2 Å². The topological polar surface area (TPSA) is 55.1 Å². The molecule has 2 unspecified atom stereocenters. The molecular formula is C12H18N2OS. The van der Waals surface area contributed by atoms with Crippen LogP contribution >= 0.6 is 11.3 Å². The zero-order valence-electron chi connectivity index (χ0n) is 9.53. The van der Waals surface area contributed by atoms with Gasteiger partial charge in [-0.1, -0.05) is 12.8 Å². The minimum atomic E-state index is 0.0288. The largest absolute Gasteiger partial charge is 0.348 e. The summed E-state index contributed by atoms with van der Waals surface area (Å²) < 4.78 is 0. The first-order valence-electron chi connectivity index (χ1n) is 5.77. The van der Waals surface area contributed by atoms with Gasteiger partial charge in [0.2, 0.25) is 0 Å². The van der Waals surface area contributed by atoms with Crippen molar-refractivity contribution < 1.29 is 4.79 Å². The Hall–Kier alpha value is -0.870. The number of rotatable bonds is 2. The minimum Gasteiger partial charge on any atom is -0.348 e. The number of carbonyl (C=O) groups excluding carboxylic acids is 1. The molecule has 1 heterocycles. The van der Waals surface area contributed by atoms with Gasteiger partial charge in [-0.2, -0.15) is 11.3 Å². The summed E-state index contributed by atoms with van der Waals surface area (Å²) in [5.74, 6) is 0.0288. The molecule has 1 saturated carbocycles. The number of thiophene rings is 1. The summed E-state index contributed by atoms with van der Waals surface area (Å²) in [6.45, 7) is 1.96. The predicted molar refractivity (Wildman–Crippen MR) is 66.8 cm³/mol. The summed E-state index contributed by atoms with van der Waals surface area (Å²) in [7, 11) is 0. The molecule has 1 amide bonds. The molecule has 0 aromatic carbocycles. The molecule has 0 saturated heterocycles. The highest BCUT2D eigenvalue weighted by Gasteiger charge is 2.24. The fraction of sp³-hybridized carbons (Fsp3) is 0.583. The number of nitrogens with two attached hydrogens (primary N) is 1. The lowest BCUT2D eigenvalue weighted by molar-refractivity contribution is 0.0921. The number of amides is 1. The molecule has 3 N–H and O–H groups in total. The van der Waals surface area contributed by atoms with E-state index in [1.54, 1.807) is 11.3 Å². The maximum atomic E-state index is 12.0. The van der Waals surface area contributed by atoms with E-state index >= 15 is 0 Å². The zero-order valence-corrected chi connectivity index (χ0v) is 10.3. The Kier molecular flexibility index (Phi) is 3.61. The molecule has 0 spiro atoms. The Morgan fingerprint density at radius 1 is 1.44 bits per heavy atom. The van der Waals surface area contributed by atoms with Gasteiger partial charge in [-0.3, -0.25) is 4.79 Å². The number of hydrogen-bond donors (Lipinski definition) is 2. The van der Waals surface area contributed by atoms with Crippen LogP contribution < -0.4 is 11.1 Å². The van der Waals surface area contributed by atoms with Crippen LogP contribution in [0, 0.1) is 6.92 Å². The lowest BCUT2D eigenvalue weighted by atomic mass is 9.91. The molecule has 3 nitrogen and oxygen atoms in total. The minimum absolute atomic E-state index is 0.0288. The van der Waals surface area contributed by atoms with Crippen molar-refractivity contribution in [1.29, 1.82) is 0 Å². The Bertz CT molecular complexity index is 375. The Morgan fingerprint density at radius 2 is 2.19 bits per heavy atom. The van der Waals surface area contributed by atoms with E-state index in [1.807, 2.05) is 17.7 Å². The van der Waals surface area contributed by atoms with Crippen molar-refractivity contribution in [3.05, 3.63) is 21.9 Å². The summed E-state index contributed by atoms with van der Waals surface area (Å²) in [6.07, 6.45) is 4.38. The second-order valence-electron chi connectivity index (χ2n) is 4.50. The second-order valence-corrected chi connectivity index (χ2v) is 5.24.